The molecule has 2 heterocycles. The summed E-state index contributed by atoms with van der Waals surface area (Å²) in [5.41, 5.74) is 1.52. The van der Waals surface area contributed by atoms with E-state index in [9.17, 15) is 9.59 Å². The predicted molar refractivity (Wildman–Crippen MR) is 107 cm³/mol. The molecule has 0 saturated heterocycles. The second-order valence-corrected chi connectivity index (χ2v) is 6.80. The van der Waals surface area contributed by atoms with E-state index in [1.54, 1.807) is 18.3 Å². The number of carbonyl (C=O) groups is 1. The van der Waals surface area contributed by atoms with Crippen LogP contribution in [-0.4, -0.2) is 20.3 Å². The Morgan fingerprint density at radius 2 is 1.89 bits per heavy atom. The Bertz CT molecular complexity index is 1200. The predicted octanol–water partition coefficient (Wildman–Crippen LogP) is 3.57. The number of carbonyl (C=O) groups excluding carboxylic acids is 1. The van der Waals surface area contributed by atoms with Crippen molar-refractivity contribution >= 4 is 33.3 Å². The Morgan fingerprint density at radius 1 is 1.07 bits per heavy atom. The molecule has 0 aliphatic rings. The Morgan fingerprint density at radius 3 is 2.70 bits per heavy atom. The van der Waals surface area contributed by atoms with Crippen molar-refractivity contribution in [1.29, 1.82) is 0 Å². The van der Waals surface area contributed by atoms with Gasteiger partial charge in [-0.05, 0) is 38.1 Å². The second-order valence-electron chi connectivity index (χ2n) is 6.80. The van der Waals surface area contributed by atoms with Gasteiger partial charge in [0.05, 0.1) is 22.8 Å². The lowest BCUT2D eigenvalue weighted by Gasteiger charge is -2.11. The Balaban J connectivity index is 1.61. The molecular formula is C21H20N4O2. The molecule has 0 bridgehead atoms. The first-order chi connectivity index (χ1) is 13.0. The lowest BCUT2D eigenvalue weighted by atomic mass is 10.2. The van der Waals surface area contributed by atoms with Gasteiger partial charge in [0.2, 0.25) is 5.91 Å². The van der Waals surface area contributed by atoms with E-state index in [4.69, 9.17) is 0 Å². The van der Waals surface area contributed by atoms with Gasteiger partial charge in [0.25, 0.3) is 5.56 Å². The first-order valence-electron chi connectivity index (χ1n) is 8.89. The Kier molecular flexibility index (Phi) is 4.24. The maximum Gasteiger partial charge on any atom is 0.275 e. The van der Waals surface area contributed by atoms with Crippen LogP contribution in [0.5, 0.6) is 0 Å². The van der Waals surface area contributed by atoms with Crippen molar-refractivity contribution in [1.82, 2.24) is 14.3 Å². The smallest absolute Gasteiger partial charge is 0.275 e. The van der Waals surface area contributed by atoms with Gasteiger partial charge < -0.3 is 9.88 Å². The molecule has 1 N–H and O–H groups in total. The summed E-state index contributed by atoms with van der Waals surface area (Å²) in [5.74, 6) is -0.287. The highest BCUT2D eigenvalue weighted by molar-refractivity contribution is 6.01. The normalized spacial score (nSPS) is 11.4. The van der Waals surface area contributed by atoms with E-state index in [1.165, 1.54) is 4.68 Å². The second kappa shape index (κ2) is 6.72. The molecule has 0 spiro atoms. The SMILES string of the molecule is CC(C)n1ccc2c(NC(=O)Cn3ncc4ccccc4c3=O)cccc21. The monoisotopic (exact) mass is 360 g/mol. The van der Waals surface area contributed by atoms with Gasteiger partial charge in [-0.25, -0.2) is 4.68 Å². The highest BCUT2D eigenvalue weighted by atomic mass is 16.2. The van der Waals surface area contributed by atoms with E-state index in [2.05, 4.69) is 28.8 Å². The van der Waals surface area contributed by atoms with Gasteiger partial charge in [-0.3, -0.25) is 9.59 Å². The fourth-order valence-corrected chi connectivity index (χ4v) is 3.31. The van der Waals surface area contributed by atoms with Crippen LogP contribution in [0.25, 0.3) is 21.7 Å². The Labute approximate surface area is 156 Å². The number of hydrogen-bond acceptors (Lipinski definition) is 3. The first kappa shape index (κ1) is 17.0. The van der Waals surface area contributed by atoms with Gasteiger partial charge in [0.1, 0.15) is 6.54 Å². The average Bonchev–Trinajstić information content (AvgIpc) is 3.10. The minimum Gasteiger partial charge on any atom is -0.345 e. The van der Waals surface area contributed by atoms with Crippen molar-refractivity contribution in [3.05, 3.63) is 71.3 Å². The summed E-state index contributed by atoms with van der Waals surface area (Å²) in [5, 5.41) is 9.31. The van der Waals surface area contributed by atoms with Gasteiger partial charge in [0.15, 0.2) is 0 Å². The molecule has 0 atom stereocenters. The molecule has 6 heteroatoms. The largest absolute Gasteiger partial charge is 0.345 e. The van der Waals surface area contributed by atoms with Crippen molar-refractivity contribution in [2.45, 2.75) is 26.4 Å². The maximum atomic E-state index is 12.5. The number of rotatable bonds is 4. The zero-order chi connectivity index (χ0) is 19.0. The van der Waals surface area contributed by atoms with Crippen LogP contribution in [0.1, 0.15) is 19.9 Å². The number of nitrogens with zero attached hydrogens (tertiary/aromatic N) is 3. The summed E-state index contributed by atoms with van der Waals surface area (Å²) in [6.45, 7) is 4.09. The Hall–Kier alpha value is -3.41. The molecule has 1 amide bonds. The topological polar surface area (TPSA) is 68.9 Å². The molecule has 0 aliphatic carbocycles. The maximum absolute atomic E-state index is 12.5. The molecule has 4 aromatic rings. The fraction of sp³-hybridized carbons (Fsp3) is 0.190. The highest BCUT2D eigenvalue weighted by Gasteiger charge is 2.12. The number of fused-ring (bicyclic) bond motifs is 2. The van der Waals surface area contributed by atoms with Gasteiger partial charge >= 0.3 is 0 Å². The summed E-state index contributed by atoms with van der Waals surface area (Å²) in [4.78, 5) is 25.1. The van der Waals surface area contributed by atoms with E-state index in [0.717, 1.165) is 22.0 Å². The molecule has 0 aliphatic heterocycles. The number of aromatic nitrogens is 3. The van der Waals surface area contributed by atoms with Crippen LogP contribution in [0.3, 0.4) is 0 Å². The summed E-state index contributed by atoms with van der Waals surface area (Å²) in [6.07, 6.45) is 3.62. The summed E-state index contributed by atoms with van der Waals surface area (Å²) >= 11 is 0. The number of amides is 1. The van der Waals surface area contributed by atoms with Crippen molar-refractivity contribution in [3.63, 3.8) is 0 Å². The van der Waals surface area contributed by atoms with Crippen molar-refractivity contribution in [3.8, 4) is 0 Å². The molecule has 0 unspecified atom stereocenters. The minimum absolute atomic E-state index is 0.134. The summed E-state index contributed by atoms with van der Waals surface area (Å²) in [6, 6.07) is 15.3. The van der Waals surface area contributed by atoms with Crippen molar-refractivity contribution in [2.24, 2.45) is 0 Å². The molecule has 27 heavy (non-hydrogen) atoms. The fourth-order valence-electron chi connectivity index (χ4n) is 3.31. The molecule has 0 fully saturated rings. The number of nitrogens with one attached hydrogen (secondary N) is 1. The van der Waals surface area contributed by atoms with Gasteiger partial charge in [-0.1, -0.05) is 24.3 Å². The summed E-state index contributed by atoms with van der Waals surface area (Å²) < 4.78 is 3.34. The molecule has 6 nitrogen and oxygen atoms in total. The lowest BCUT2D eigenvalue weighted by Crippen LogP contribution is -2.29. The van der Waals surface area contributed by atoms with Crippen LogP contribution in [0.15, 0.2) is 65.7 Å². The number of anilines is 1. The van der Waals surface area contributed by atoms with Crippen molar-refractivity contribution < 1.29 is 4.79 Å². The molecule has 0 saturated carbocycles. The zero-order valence-corrected chi connectivity index (χ0v) is 15.2. The van der Waals surface area contributed by atoms with Crippen molar-refractivity contribution in [2.75, 3.05) is 5.32 Å². The molecule has 2 aromatic carbocycles. The van der Waals surface area contributed by atoms with Crippen LogP contribution in [-0.2, 0) is 11.3 Å². The van der Waals surface area contributed by atoms with E-state index in [-0.39, 0.29) is 18.0 Å². The van der Waals surface area contributed by atoms with Gasteiger partial charge in [-0.2, -0.15) is 5.10 Å². The minimum atomic E-state index is -0.287. The molecular weight excluding hydrogens is 340 g/mol. The number of benzene rings is 2. The van der Waals surface area contributed by atoms with Crippen LogP contribution < -0.4 is 10.9 Å². The van der Waals surface area contributed by atoms with E-state index in [0.29, 0.717) is 11.4 Å². The van der Waals surface area contributed by atoms with Gasteiger partial charge in [-0.15, -0.1) is 0 Å². The zero-order valence-electron chi connectivity index (χ0n) is 15.2. The van der Waals surface area contributed by atoms with Crippen LogP contribution in [0.4, 0.5) is 5.69 Å². The molecule has 4 rings (SSSR count). The van der Waals surface area contributed by atoms with Crippen LogP contribution in [0, 0.1) is 0 Å². The highest BCUT2D eigenvalue weighted by Crippen LogP contribution is 2.26. The average molecular weight is 360 g/mol. The van der Waals surface area contributed by atoms with E-state index in [1.807, 2.05) is 42.6 Å². The summed E-state index contributed by atoms with van der Waals surface area (Å²) in [7, 11) is 0. The van der Waals surface area contributed by atoms with E-state index >= 15 is 0 Å². The quantitative estimate of drug-likeness (QED) is 0.605. The third kappa shape index (κ3) is 3.10. The number of hydrogen-bond donors (Lipinski definition) is 1. The van der Waals surface area contributed by atoms with Crippen LogP contribution >= 0.6 is 0 Å². The molecule has 2 aromatic heterocycles. The van der Waals surface area contributed by atoms with Gasteiger partial charge in [0, 0.05) is 23.0 Å². The first-order valence-corrected chi connectivity index (χ1v) is 8.89. The lowest BCUT2D eigenvalue weighted by molar-refractivity contribution is -0.117. The van der Waals surface area contributed by atoms with Crippen LogP contribution in [0.2, 0.25) is 0 Å². The third-order valence-corrected chi connectivity index (χ3v) is 4.65. The standard InChI is InChI=1S/C21H20N4O2/c1-14(2)24-11-10-17-18(8-5-9-19(17)24)23-20(26)13-25-21(27)16-7-4-3-6-15(16)12-22-25/h3-12,14H,13H2,1-2H3,(H,23,26). The van der Waals surface area contributed by atoms with E-state index < -0.39 is 0 Å². The third-order valence-electron chi connectivity index (χ3n) is 4.65. The molecule has 0 radical (unpaired) electrons. The molecule has 136 valence electrons.